The molecule has 0 N–H and O–H groups in total. The maximum Gasteiger partial charge on any atom is 0.0676 e. The Balaban J connectivity index is 0.802. The van der Waals surface area contributed by atoms with E-state index in [9.17, 15) is 0 Å². The summed E-state index contributed by atoms with van der Waals surface area (Å²) in [7, 11) is 0. The molecule has 374 valence electrons. The minimum atomic E-state index is -0.499. The molecule has 1 nitrogen and oxygen atoms in total. The summed E-state index contributed by atoms with van der Waals surface area (Å²) in [5.41, 5.74) is 27.0. The first-order chi connectivity index (χ1) is 38.4. The van der Waals surface area contributed by atoms with Crippen molar-refractivity contribution in [3.05, 3.63) is 322 Å². The van der Waals surface area contributed by atoms with Gasteiger partial charge < -0.3 is 4.90 Å². The van der Waals surface area contributed by atoms with Crippen LogP contribution in [0.3, 0.4) is 0 Å². The van der Waals surface area contributed by atoms with Gasteiger partial charge in [-0.15, -0.1) is 0 Å². The second-order valence-electron chi connectivity index (χ2n) is 22.5. The molecule has 0 saturated carbocycles. The zero-order chi connectivity index (χ0) is 52.0. The Labute approximate surface area is 464 Å². The maximum atomic E-state index is 2.57. The van der Waals surface area contributed by atoms with Gasteiger partial charge in [0, 0.05) is 39.2 Å². The van der Waals surface area contributed by atoms with Crippen LogP contribution in [0.25, 0.3) is 50.1 Å². The van der Waals surface area contributed by atoms with E-state index in [1.54, 1.807) is 0 Å². The third kappa shape index (κ3) is 7.44. The van der Waals surface area contributed by atoms with Gasteiger partial charge in [-0.1, -0.05) is 256 Å². The first kappa shape index (κ1) is 46.8. The Kier molecular flexibility index (Phi) is 11.2. The number of fused-ring (bicyclic) bond motifs is 8. The second kappa shape index (κ2) is 18.6. The van der Waals surface area contributed by atoms with E-state index in [2.05, 4.69) is 280 Å². The Hall–Kier alpha value is -8.43. The van der Waals surface area contributed by atoms with Gasteiger partial charge in [0.15, 0.2) is 0 Å². The van der Waals surface area contributed by atoms with Crippen LogP contribution >= 0.6 is 11.8 Å². The van der Waals surface area contributed by atoms with E-state index in [0.29, 0.717) is 5.92 Å². The molecule has 9 aromatic rings. The van der Waals surface area contributed by atoms with Gasteiger partial charge in [-0.3, -0.25) is 0 Å². The Morgan fingerprint density at radius 2 is 1.12 bits per heavy atom. The number of hydrogen-bond donors (Lipinski definition) is 0. The number of thioether (sulfide) groups is 1. The van der Waals surface area contributed by atoms with Gasteiger partial charge >= 0.3 is 0 Å². The third-order valence-corrected chi connectivity index (χ3v) is 19.3. The quantitative estimate of drug-likeness (QED) is 0.142. The van der Waals surface area contributed by atoms with E-state index in [4.69, 9.17) is 0 Å². The predicted octanol–water partition coefficient (Wildman–Crippen LogP) is 20.2. The highest BCUT2D eigenvalue weighted by atomic mass is 32.2. The fourth-order valence-corrected chi connectivity index (χ4v) is 15.5. The van der Waals surface area contributed by atoms with Crippen molar-refractivity contribution < 1.29 is 0 Å². The molecule has 0 bridgehead atoms. The van der Waals surface area contributed by atoms with Gasteiger partial charge in [-0.25, -0.2) is 0 Å². The molecule has 0 saturated heterocycles. The summed E-state index contributed by atoms with van der Waals surface area (Å²) in [6, 6.07) is 80.8. The fraction of sp³-hybridized carbons (Fsp3) is 0.132. The van der Waals surface area contributed by atoms with Crippen LogP contribution in [0.4, 0.5) is 11.4 Å². The van der Waals surface area contributed by atoms with Gasteiger partial charge in [-0.05, 0) is 161 Å². The maximum absolute atomic E-state index is 2.57. The molecular weight excluding hydrogens is 959 g/mol. The minimum Gasteiger partial charge on any atom is -0.314 e. The largest absolute Gasteiger partial charge is 0.314 e. The summed E-state index contributed by atoms with van der Waals surface area (Å²) in [5.74, 6) is 0.662. The first-order valence-corrected chi connectivity index (χ1v) is 28.8. The van der Waals surface area contributed by atoms with E-state index in [-0.39, 0.29) is 11.3 Å². The molecular formula is C76H59NS. The highest BCUT2D eigenvalue weighted by molar-refractivity contribution is 8.03. The molecule has 5 aliphatic carbocycles. The molecule has 9 aromatic carbocycles. The van der Waals surface area contributed by atoms with Crippen LogP contribution in [-0.2, 0) is 10.8 Å². The van der Waals surface area contributed by atoms with Crippen LogP contribution in [0.1, 0.15) is 95.9 Å². The van der Waals surface area contributed by atoms with E-state index in [1.807, 2.05) is 11.8 Å². The molecule has 15 rings (SSSR count). The van der Waals surface area contributed by atoms with Crippen molar-refractivity contribution in [3.63, 3.8) is 0 Å². The minimum absolute atomic E-state index is 0.192. The van der Waals surface area contributed by atoms with Gasteiger partial charge in [0.2, 0.25) is 0 Å². The number of hydrogen-bond acceptors (Lipinski definition) is 2. The van der Waals surface area contributed by atoms with E-state index < -0.39 is 5.41 Å². The Morgan fingerprint density at radius 3 is 1.83 bits per heavy atom. The summed E-state index contributed by atoms with van der Waals surface area (Å²) in [6.45, 7) is 4.88. The number of anilines is 2. The van der Waals surface area contributed by atoms with Gasteiger partial charge in [0.05, 0.1) is 5.41 Å². The first-order valence-electron chi connectivity index (χ1n) is 28.0. The van der Waals surface area contributed by atoms with Gasteiger partial charge in [-0.2, -0.15) is 0 Å². The molecule has 3 unspecified atom stereocenters. The van der Waals surface area contributed by atoms with Crippen molar-refractivity contribution in [3.8, 4) is 44.5 Å². The van der Waals surface area contributed by atoms with Crippen LogP contribution in [0.5, 0.6) is 0 Å². The van der Waals surface area contributed by atoms with Crippen molar-refractivity contribution >= 4 is 28.7 Å². The molecule has 6 aliphatic rings. The molecule has 0 amide bonds. The Morgan fingerprint density at radius 1 is 0.500 bits per heavy atom. The molecule has 78 heavy (non-hydrogen) atoms. The van der Waals surface area contributed by atoms with Crippen molar-refractivity contribution in [1.82, 2.24) is 0 Å². The van der Waals surface area contributed by atoms with E-state index in [0.717, 1.165) is 25.7 Å². The molecule has 2 heteroatoms. The van der Waals surface area contributed by atoms with Crippen LogP contribution < -0.4 is 4.90 Å². The van der Waals surface area contributed by atoms with Crippen LogP contribution in [-0.4, -0.2) is 0 Å². The van der Waals surface area contributed by atoms with Crippen molar-refractivity contribution in [2.75, 3.05) is 4.90 Å². The number of allylic oxidation sites excluding steroid dienone is 12. The van der Waals surface area contributed by atoms with Gasteiger partial charge in [0.1, 0.15) is 0 Å². The molecule has 1 heterocycles. The van der Waals surface area contributed by atoms with Crippen molar-refractivity contribution in [1.29, 1.82) is 0 Å². The van der Waals surface area contributed by atoms with Crippen LogP contribution in [0.2, 0.25) is 0 Å². The highest BCUT2D eigenvalue weighted by Gasteiger charge is 2.49. The van der Waals surface area contributed by atoms with E-state index >= 15 is 0 Å². The lowest BCUT2D eigenvalue weighted by molar-refractivity contribution is 0.650. The normalized spacial score (nSPS) is 19.8. The van der Waals surface area contributed by atoms with Crippen molar-refractivity contribution in [2.24, 2.45) is 0 Å². The lowest BCUT2D eigenvalue weighted by Gasteiger charge is -2.38. The zero-order valence-corrected chi connectivity index (χ0v) is 45.0. The summed E-state index contributed by atoms with van der Waals surface area (Å²) in [5, 5.41) is 0. The predicted molar refractivity (Wildman–Crippen MR) is 328 cm³/mol. The van der Waals surface area contributed by atoms with Crippen LogP contribution in [0, 0.1) is 0 Å². The van der Waals surface area contributed by atoms with Crippen molar-refractivity contribution in [2.45, 2.75) is 67.1 Å². The van der Waals surface area contributed by atoms with E-state index in [1.165, 1.54) is 127 Å². The number of nitrogens with zero attached hydrogens (tertiary/aromatic N) is 1. The lowest BCUT2D eigenvalue weighted by Crippen LogP contribution is -2.31. The fourth-order valence-electron chi connectivity index (χ4n) is 14.1. The highest BCUT2D eigenvalue weighted by Crippen LogP contribution is 2.60. The summed E-state index contributed by atoms with van der Waals surface area (Å²) in [4.78, 5) is 5.37. The Bertz CT molecular complexity index is 4050. The summed E-state index contributed by atoms with van der Waals surface area (Å²) in [6.07, 6.45) is 22.7. The third-order valence-electron chi connectivity index (χ3n) is 18.0. The monoisotopic (exact) mass is 1020 g/mol. The summed E-state index contributed by atoms with van der Waals surface area (Å²) >= 11 is 1.97. The molecule has 3 atom stereocenters. The molecule has 0 fully saturated rings. The van der Waals surface area contributed by atoms with Gasteiger partial charge in [0.25, 0.3) is 0 Å². The topological polar surface area (TPSA) is 3.24 Å². The average Bonchev–Trinajstić information content (AvgIpc) is 4.32. The smallest absolute Gasteiger partial charge is 0.0676 e. The molecule has 0 aromatic heterocycles. The number of rotatable bonds is 9. The lowest BCUT2D eigenvalue weighted by atomic mass is 9.64. The SMILES string of the molecule is CC1(C)c2cc(C3C=CC4=C(C3)C(c3ccc(-c5ccccc5)cc3)(c3ccc(-c5cccc6c5SC5=CC=CCC56)cc3)c3ccccc34)ccc2-c2ccc(N(C3=CC=CCC3)c3ccc(-c4ccccc4)cc3)cc21. The number of benzene rings is 9. The average molecular weight is 1020 g/mol. The molecule has 0 spiro atoms. The van der Waals surface area contributed by atoms with Crippen LogP contribution in [0.15, 0.2) is 282 Å². The molecule has 0 radical (unpaired) electrons. The zero-order valence-electron chi connectivity index (χ0n) is 44.2. The standard InChI is InChI=1S/C76H59NS/c1-75(2)70-47-55(35-44-64(70)65-46-43-61(49-71(65)75)77(59-21-10-5-11-22-59)60-41-33-53(34-42-60)51-19-8-4-9-20-51)56-36-45-66-63-23-12-14-27-69(63)76(72(66)48-56,57-37-29-52(30-38-57)50-17-6-3-7-18-50)58-39-31-54(32-40-58)62-25-16-26-68-67-24-13-15-28-73(67)78-74(62)68/h3-10,12-21,23,25-47,49,56,67H,11,22,24,48H2,1-2H3. The summed E-state index contributed by atoms with van der Waals surface area (Å²) < 4.78 is 0. The second-order valence-corrected chi connectivity index (χ2v) is 23.6. The molecule has 1 aliphatic heterocycles.